The number of hydrogen-bond donors (Lipinski definition) is 0. The predicted octanol–water partition coefficient (Wildman–Crippen LogP) is 9.76. The SMILES string of the molecule is CC(C)(C)C1CCCCC1(SC1(C(C)(C)C)CCCCC1C(C)(C)C)C(C)(C)C. The average Bonchev–Trinajstić information content (AvgIpc) is 2.51. The van der Waals surface area contributed by atoms with Crippen molar-refractivity contribution in [2.75, 3.05) is 0 Å². The molecule has 0 spiro atoms. The zero-order valence-electron chi connectivity index (χ0n) is 22.2. The Kier molecular flexibility index (Phi) is 7.10. The minimum atomic E-state index is 0.314. The lowest BCUT2D eigenvalue weighted by molar-refractivity contribution is 0.0401. The van der Waals surface area contributed by atoms with Crippen LogP contribution in [0.3, 0.4) is 0 Å². The van der Waals surface area contributed by atoms with Crippen LogP contribution >= 0.6 is 11.8 Å². The summed E-state index contributed by atoms with van der Waals surface area (Å²) in [5.74, 6) is 1.58. The molecule has 172 valence electrons. The molecule has 0 aliphatic heterocycles. The zero-order chi connectivity index (χ0) is 22.5. The lowest BCUT2D eigenvalue weighted by Gasteiger charge is -2.65. The molecule has 0 amide bonds. The normalized spacial score (nSPS) is 35.6. The van der Waals surface area contributed by atoms with Gasteiger partial charge in [-0.05, 0) is 59.2 Å². The maximum absolute atomic E-state index is 2.56. The molecule has 2 aliphatic carbocycles. The van der Waals surface area contributed by atoms with Gasteiger partial charge in [0.15, 0.2) is 0 Å². The van der Waals surface area contributed by atoms with Gasteiger partial charge in [-0.1, -0.05) is 109 Å². The van der Waals surface area contributed by atoms with Crippen LogP contribution in [0.1, 0.15) is 134 Å². The maximum Gasteiger partial charge on any atom is 0.0247 e. The van der Waals surface area contributed by atoms with Crippen LogP contribution in [0, 0.1) is 33.5 Å². The van der Waals surface area contributed by atoms with Crippen molar-refractivity contribution in [2.45, 2.75) is 144 Å². The van der Waals surface area contributed by atoms with Crippen LogP contribution in [-0.4, -0.2) is 9.49 Å². The fraction of sp³-hybridized carbons (Fsp3) is 1.00. The van der Waals surface area contributed by atoms with Crippen LogP contribution in [0.4, 0.5) is 0 Å². The van der Waals surface area contributed by atoms with E-state index in [-0.39, 0.29) is 0 Å². The highest BCUT2D eigenvalue weighted by Gasteiger charge is 2.62. The van der Waals surface area contributed by atoms with Crippen LogP contribution in [-0.2, 0) is 0 Å². The fourth-order valence-electron chi connectivity index (χ4n) is 7.22. The summed E-state index contributed by atoms with van der Waals surface area (Å²) in [6.45, 7) is 30.5. The van der Waals surface area contributed by atoms with Crippen molar-refractivity contribution in [2.24, 2.45) is 33.5 Å². The number of rotatable bonds is 2. The molecular weight excluding hydrogens is 368 g/mol. The van der Waals surface area contributed by atoms with Crippen molar-refractivity contribution in [1.82, 2.24) is 0 Å². The van der Waals surface area contributed by atoms with E-state index in [9.17, 15) is 0 Å². The molecule has 0 aromatic carbocycles. The molecule has 2 rings (SSSR count). The predicted molar refractivity (Wildman–Crippen MR) is 135 cm³/mol. The van der Waals surface area contributed by atoms with E-state index >= 15 is 0 Å². The molecule has 0 N–H and O–H groups in total. The lowest BCUT2D eigenvalue weighted by atomic mass is 9.57. The molecule has 0 aromatic rings. The maximum atomic E-state index is 2.56. The zero-order valence-corrected chi connectivity index (χ0v) is 23.0. The van der Waals surface area contributed by atoms with Gasteiger partial charge >= 0.3 is 0 Å². The van der Waals surface area contributed by atoms with Crippen molar-refractivity contribution in [3.8, 4) is 0 Å². The minimum Gasteiger partial charge on any atom is -0.147 e. The van der Waals surface area contributed by atoms with E-state index in [0.29, 0.717) is 31.2 Å². The van der Waals surface area contributed by atoms with Gasteiger partial charge in [-0.2, -0.15) is 0 Å². The van der Waals surface area contributed by atoms with Gasteiger partial charge in [-0.3, -0.25) is 0 Å². The first-order valence-electron chi connectivity index (χ1n) is 12.6. The summed E-state index contributed by atoms with van der Waals surface area (Å²) in [6.07, 6.45) is 11.3. The Hall–Kier alpha value is 0.350. The third-order valence-electron chi connectivity index (χ3n) is 8.70. The Morgan fingerprint density at radius 1 is 0.517 bits per heavy atom. The standard InChI is InChI=1S/C28H54S/c1-23(2,3)21-17-13-15-19-27(21,25(7,8)9)29-28(26(10,11)12)20-16-14-18-22(28)24(4,5)6/h21-22H,13-20H2,1-12H3. The van der Waals surface area contributed by atoms with Gasteiger partial charge in [-0.25, -0.2) is 0 Å². The van der Waals surface area contributed by atoms with Gasteiger partial charge in [0.2, 0.25) is 0 Å². The first kappa shape index (κ1) is 25.6. The second kappa shape index (κ2) is 8.04. The Bertz CT molecular complexity index is 497. The van der Waals surface area contributed by atoms with Crippen LogP contribution < -0.4 is 0 Å². The molecule has 0 bridgehead atoms. The highest BCUT2D eigenvalue weighted by Crippen LogP contribution is 2.69. The quantitative estimate of drug-likeness (QED) is 0.426. The first-order chi connectivity index (χ1) is 12.9. The largest absolute Gasteiger partial charge is 0.147 e. The topological polar surface area (TPSA) is 0 Å². The summed E-state index contributed by atoms with van der Waals surface area (Å²) in [5, 5.41) is 0. The molecule has 2 saturated carbocycles. The van der Waals surface area contributed by atoms with Crippen molar-refractivity contribution in [3.05, 3.63) is 0 Å². The summed E-state index contributed by atoms with van der Waals surface area (Å²) >= 11 is 2.52. The molecule has 1 heteroatoms. The van der Waals surface area contributed by atoms with Gasteiger partial charge in [-0.15, -0.1) is 11.8 Å². The third-order valence-corrected chi connectivity index (χ3v) is 11.6. The number of hydrogen-bond acceptors (Lipinski definition) is 1. The first-order valence-corrected chi connectivity index (χ1v) is 13.4. The molecule has 2 fully saturated rings. The van der Waals surface area contributed by atoms with E-state index in [1.165, 1.54) is 51.4 Å². The molecule has 0 radical (unpaired) electrons. The summed E-state index contributed by atoms with van der Waals surface area (Å²) < 4.78 is 0.717. The summed E-state index contributed by atoms with van der Waals surface area (Å²) in [5.41, 5.74) is 1.36. The van der Waals surface area contributed by atoms with Crippen LogP contribution in [0.25, 0.3) is 0 Å². The van der Waals surface area contributed by atoms with Crippen molar-refractivity contribution in [1.29, 1.82) is 0 Å². The summed E-state index contributed by atoms with van der Waals surface area (Å²) in [4.78, 5) is 0. The third kappa shape index (κ3) is 4.75. The lowest BCUT2D eigenvalue weighted by Crippen LogP contribution is -2.61. The minimum absolute atomic E-state index is 0.314. The van der Waals surface area contributed by atoms with Crippen LogP contribution in [0.15, 0.2) is 0 Å². The molecule has 4 atom stereocenters. The number of thioether (sulfide) groups is 1. The van der Waals surface area contributed by atoms with Crippen LogP contribution in [0.5, 0.6) is 0 Å². The summed E-state index contributed by atoms with van der Waals surface area (Å²) in [6, 6.07) is 0. The summed E-state index contributed by atoms with van der Waals surface area (Å²) in [7, 11) is 0. The molecule has 0 saturated heterocycles. The van der Waals surface area contributed by atoms with Gasteiger partial charge in [0.05, 0.1) is 0 Å². The van der Waals surface area contributed by atoms with Crippen molar-refractivity contribution < 1.29 is 0 Å². The molecule has 4 unspecified atom stereocenters. The Labute approximate surface area is 189 Å². The van der Waals surface area contributed by atoms with Gasteiger partial charge in [0.1, 0.15) is 0 Å². The second-order valence-corrected chi connectivity index (χ2v) is 16.4. The highest BCUT2D eigenvalue weighted by atomic mass is 32.2. The Balaban J connectivity index is 2.70. The molecule has 0 heterocycles. The van der Waals surface area contributed by atoms with Crippen molar-refractivity contribution >= 4 is 11.8 Å². The van der Waals surface area contributed by atoms with E-state index < -0.39 is 0 Å². The average molecular weight is 423 g/mol. The Morgan fingerprint density at radius 2 is 0.828 bits per heavy atom. The van der Waals surface area contributed by atoms with Crippen LogP contribution in [0.2, 0.25) is 0 Å². The van der Waals surface area contributed by atoms with E-state index in [0.717, 1.165) is 11.8 Å². The van der Waals surface area contributed by atoms with Gasteiger partial charge in [0, 0.05) is 9.49 Å². The Morgan fingerprint density at radius 3 is 1.07 bits per heavy atom. The van der Waals surface area contributed by atoms with E-state index in [2.05, 4.69) is 94.8 Å². The molecule has 0 nitrogen and oxygen atoms in total. The highest BCUT2D eigenvalue weighted by molar-refractivity contribution is 8.02. The van der Waals surface area contributed by atoms with Gasteiger partial charge in [0.25, 0.3) is 0 Å². The van der Waals surface area contributed by atoms with E-state index in [4.69, 9.17) is 0 Å². The van der Waals surface area contributed by atoms with E-state index in [1.54, 1.807) is 0 Å². The van der Waals surface area contributed by atoms with Gasteiger partial charge < -0.3 is 0 Å². The smallest absolute Gasteiger partial charge is 0.0247 e. The molecule has 0 aromatic heterocycles. The van der Waals surface area contributed by atoms with Crippen molar-refractivity contribution in [3.63, 3.8) is 0 Å². The van der Waals surface area contributed by atoms with E-state index in [1.807, 2.05) is 0 Å². The monoisotopic (exact) mass is 422 g/mol. The second-order valence-electron chi connectivity index (χ2n) is 14.7. The fourth-order valence-corrected chi connectivity index (χ4v) is 10.2. The molecule has 2 aliphatic rings. The molecular formula is C28H54S. The molecule has 29 heavy (non-hydrogen) atoms.